The Kier molecular flexibility index (Phi) is 6.14. The summed E-state index contributed by atoms with van der Waals surface area (Å²) < 4.78 is 40.7. The second kappa shape index (κ2) is 7.84. The highest BCUT2D eigenvalue weighted by atomic mass is 32.2. The third-order valence-corrected chi connectivity index (χ3v) is 6.29. The summed E-state index contributed by atoms with van der Waals surface area (Å²) in [5, 5.41) is 1.27. The highest BCUT2D eigenvalue weighted by Crippen LogP contribution is 2.33. The van der Waals surface area contributed by atoms with Crippen LogP contribution in [0, 0.1) is 5.82 Å². The Morgan fingerprint density at radius 2 is 1.70 bits per heavy atom. The zero-order chi connectivity index (χ0) is 20.5. The van der Waals surface area contributed by atoms with Crippen LogP contribution in [0.5, 0.6) is 0 Å². The summed E-state index contributed by atoms with van der Waals surface area (Å²) in [5.41, 5.74) is 1.54. The minimum Gasteiger partial charge on any atom is -0.345 e. The topological polar surface area (TPSA) is 95.6 Å². The number of benzene rings is 1. The van der Waals surface area contributed by atoms with Crippen LogP contribution in [0.15, 0.2) is 12.1 Å². The van der Waals surface area contributed by atoms with Gasteiger partial charge in [0.15, 0.2) is 5.25 Å². The average Bonchev–Trinajstić information content (AvgIpc) is 2.87. The monoisotopic (exact) mass is 399 g/mol. The Morgan fingerprint density at radius 1 is 1.19 bits per heavy atom. The van der Waals surface area contributed by atoms with Crippen LogP contribution in [0.3, 0.4) is 0 Å². The Balaban J connectivity index is 2.29. The third-order valence-electron chi connectivity index (χ3n) is 4.63. The summed E-state index contributed by atoms with van der Waals surface area (Å²) in [6.45, 7) is 7.73. The van der Waals surface area contributed by atoms with Gasteiger partial charge in [-0.1, -0.05) is 27.7 Å². The van der Waals surface area contributed by atoms with Crippen molar-refractivity contribution in [2.75, 3.05) is 18.9 Å². The van der Waals surface area contributed by atoms with E-state index in [9.17, 15) is 22.4 Å². The molecule has 1 atom stereocenters. The van der Waals surface area contributed by atoms with Gasteiger partial charge in [0.2, 0.25) is 15.9 Å². The van der Waals surface area contributed by atoms with E-state index in [1.807, 2.05) is 32.4 Å². The molecule has 1 aromatic rings. The standard InChI is InChI=1S/C18H26FN3O4S/c1-10(2)13-8-12(19)9-14(11(3)4)16(13)20-18(24)21-27(25,26)15-6-7-22(5)17(15)23/h8-11,15H,6-7H2,1-5H3,(H2,20,21,24). The lowest BCUT2D eigenvalue weighted by Crippen LogP contribution is -2.44. The van der Waals surface area contributed by atoms with Gasteiger partial charge in [0.25, 0.3) is 0 Å². The van der Waals surface area contributed by atoms with E-state index in [4.69, 9.17) is 0 Å². The molecule has 7 nitrogen and oxygen atoms in total. The SMILES string of the molecule is CC(C)c1cc(F)cc(C(C)C)c1NC(=O)NS(=O)(=O)C1CCN(C)C1=O. The number of urea groups is 1. The van der Waals surface area contributed by atoms with Gasteiger partial charge >= 0.3 is 6.03 Å². The molecule has 1 fully saturated rings. The zero-order valence-electron chi connectivity index (χ0n) is 16.2. The molecule has 0 saturated carbocycles. The van der Waals surface area contributed by atoms with Crippen molar-refractivity contribution in [3.8, 4) is 0 Å². The Bertz CT molecular complexity index is 823. The summed E-state index contributed by atoms with van der Waals surface area (Å²) in [4.78, 5) is 25.7. The number of hydrogen-bond acceptors (Lipinski definition) is 4. The predicted molar refractivity (Wildman–Crippen MR) is 102 cm³/mol. The Morgan fingerprint density at radius 3 is 2.11 bits per heavy atom. The first-order valence-electron chi connectivity index (χ1n) is 8.85. The lowest BCUT2D eigenvalue weighted by atomic mass is 9.92. The number of hydrogen-bond donors (Lipinski definition) is 2. The molecule has 3 amide bonds. The lowest BCUT2D eigenvalue weighted by molar-refractivity contribution is -0.126. The molecule has 0 radical (unpaired) electrons. The van der Waals surface area contributed by atoms with Crippen LogP contribution in [0.4, 0.5) is 14.9 Å². The number of carbonyl (C=O) groups excluding carboxylic acids is 2. The van der Waals surface area contributed by atoms with Gasteiger partial charge in [0.1, 0.15) is 5.82 Å². The largest absolute Gasteiger partial charge is 0.345 e. The lowest BCUT2D eigenvalue weighted by Gasteiger charge is -2.21. The molecule has 1 aliphatic rings. The second-order valence-electron chi connectivity index (χ2n) is 7.41. The van der Waals surface area contributed by atoms with E-state index in [0.29, 0.717) is 23.4 Å². The molecule has 0 aromatic heterocycles. The average molecular weight is 399 g/mol. The first-order valence-corrected chi connectivity index (χ1v) is 10.4. The van der Waals surface area contributed by atoms with E-state index in [0.717, 1.165) is 0 Å². The fraction of sp³-hybridized carbons (Fsp3) is 0.556. The van der Waals surface area contributed by atoms with E-state index in [2.05, 4.69) is 5.32 Å². The van der Waals surface area contributed by atoms with Crippen molar-refractivity contribution in [1.29, 1.82) is 0 Å². The van der Waals surface area contributed by atoms with E-state index in [-0.39, 0.29) is 18.3 Å². The summed E-state index contributed by atoms with van der Waals surface area (Å²) in [7, 11) is -2.65. The smallest absolute Gasteiger partial charge is 0.332 e. The molecule has 27 heavy (non-hydrogen) atoms. The van der Waals surface area contributed by atoms with Gasteiger partial charge in [0.05, 0.1) is 0 Å². The quantitative estimate of drug-likeness (QED) is 0.796. The number of likely N-dealkylation sites (tertiary alicyclic amines) is 1. The van der Waals surface area contributed by atoms with Gasteiger partial charge in [-0.05, 0) is 41.5 Å². The molecule has 0 aliphatic carbocycles. The molecule has 1 aromatic carbocycles. The number of nitrogens with zero attached hydrogens (tertiary/aromatic N) is 1. The number of nitrogens with one attached hydrogen (secondary N) is 2. The Labute approximate surface area is 159 Å². The van der Waals surface area contributed by atoms with Crippen LogP contribution >= 0.6 is 0 Å². The number of rotatable bonds is 5. The number of carbonyl (C=O) groups is 2. The molecule has 1 unspecified atom stereocenters. The molecule has 2 rings (SSSR count). The highest BCUT2D eigenvalue weighted by molar-refractivity contribution is 7.91. The van der Waals surface area contributed by atoms with Gasteiger partial charge in [-0.25, -0.2) is 22.3 Å². The van der Waals surface area contributed by atoms with Crippen molar-refractivity contribution in [3.63, 3.8) is 0 Å². The van der Waals surface area contributed by atoms with E-state index in [1.165, 1.54) is 24.1 Å². The molecule has 0 bridgehead atoms. The van der Waals surface area contributed by atoms with Gasteiger partial charge in [-0.3, -0.25) is 4.79 Å². The zero-order valence-corrected chi connectivity index (χ0v) is 17.0. The summed E-state index contributed by atoms with van der Waals surface area (Å²) >= 11 is 0. The molecular weight excluding hydrogens is 373 g/mol. The highest BCUT2D eigenvalue weighted by Gasteiger charge is 2.40. The van der Waals surface area contributed by atoms with Crippen LogP contribution in [-0.4, -0.2) is 44.1 Å². The van der Waals surface area contributed by atoms with Crippen LogP contribution in [0.1, 0.15) is 57.1 Å². The predicted octanol–water partition coefficient (Wildman–Crippen LogP) is 2.75. The van der Waals surface area contributed by atoms with Crippen LogP contribution in [0.2, 0.25) is 0 Å². The molecule has 2 N–H and O–H groups in total. The van der Waals surface area contributed by atoms with E-state index in [1.54, 1.807) is 0 Å². The normalized spacial score (nSPS) is 17.7. The van der Waals surface area contributed by atoms with Crippen LogP contribution < -0.4 is 10.0 Å². The van der Waals surface area contributed by atoms with Crippen LogP contribution in [0.25, 0.3) is 0 Å². The van der Waals surface area contributed by atoms with Crippen molar-refractivity contribution < 1.29 is 22.4 Å². The summed E-state index contributed by atoms with van der Waals surface area (Å²) in [6, 6.07) is 1.69. The number of halogens is 1. The van der Waals surface area contributed by atoms with E-state index >= 15 is 0 Å². The molecule has 9 heteroatoms. The first-order chi connectivity index (χ1) is 12.4. The molecular formula is C18H26FN3O4S. The van der Waals surface area contributed by atoms with Gasteiger partial charge in [0, 0.05) is 19.3 Å². The van der Waals surface area contributed by atoms with Crippen molar-refractivity contribution >= 4 is 27.6 Å². The van der Waals surface area contributed by atoms with Gasteiger partial charge < -0.3 is 10.2 Å². The van der Waals surface area contributed by atoms with E-state index < -0.39 is 33.0 Å². The number of anilines is 1. The maximum atomic E-state index is 14.0. The van der Waals surface area contributed by atoms with Crippen molar-refractivity contribution in [2.45, 2.75) is 51.2 Å². The number of sulfonamides is 1. The molecule has 1 heterocycles. The van der Waals surface area contributed by atoms with Crippen molar-refractivity contribution in [1.82, 2.24) is 9.62 Å². The Hall–Kier alpha value is -2.16. The minimum atomic E-state index is -4.16. The maximum absolute atomic E-state index is 14.0. The first kappa shape index (κ1) is 21.1. The minimum absolute atomic E-state index is 0.0878. The molecule has 0 spiro atoms. The fourth-order valence-corrected chi connectivity index (χ4v) is 4.44. The fourth-order valence-electron chi connectivity index (χ4n) is 3.12. The maximum Gasteiger partial charge on any atom is 0.332 e. The molecule has 1 aliphatic heterocycles. The van der Waals surface area contributed by atoms with Crippen molar-refractivity contribution in [2.24, 2.45) is 0 Å². The van der Waals surface area contributed by atoms with Crippen molar-refractivity contribution in [3.05, 3.63) is 29.1 Å². The van der Waals surface area contributed by atoms with Gasteiger partial charge in [-0.15, -0.1) is 0 Å². The molecule has 150 valence electrons. The number of amides is 3. The third kappa shape index (κ3) is 4.58. The second-order valence-corrected chi connectivity index (χ2v) is 9.27. The molecule has 1 saturated heterocycles. The summed E-state index contributed by atoms with van der Waals surface area (Å²) in [6.07, 6.45) is 0.128. The van der Waals surface area contributed by atoms with Gasteiger partial charge in [-0.2, -0.15) is 0 Å². The summed E-state index contributed by atoms with van der Waals surface area (Å²) in [5.74, 6) is -1.13. The van der Waals surface area contributed by atoms with Crippen LogP contribution in [-0.2, 0) is 14.8 Å².